The van der Waals surface area contributed by atoms with Gasteiger partial charge in [0.25, 0.3) is 5.91 Å². The van der Waals surface area contributed by atoms with Crippen LogP contribution in [0.25, 0.3) is 0 Å². The lowest BCUT2D eigenvalue weighted by Crippen LogP contribution is -2.52. The van der Waals surface area contributed by atoms with Crippen LogP contribution in [0.4, 0.5) is 11.4 Å². The lowest BCUT2D eigenvalue weighted by atomic mass is 9.70. The van der Waals surface area contributed by atoms with E-state index in [-0.39, 0.29) is 30.1 Å². The number of hydrogen-bond donors (Lipinski definition) is 2. The Hall–Kier alpha value is -5.16. The minimum Gasteiger partial charge on any atom is -0.508 e. The predicted molar refractivity (Wildman–Crippen MR) is 207 cm³/mol. The highest BCUT2D eigenvalue weighted by Gasteiger charge is 2.39. The maximum atomic E-state index is 13.1. The number of phenolic OH excluding ortho intramolecular Hbond substituents is 1. The van der Waals surface area contributed by atoms with Crippen molar-refractivity contribution < 1.29 is 19.5 Å². The van der Waals surface area contributed by atoms with E-state index in [0.29, 0.717) is 36.1 Å². The molecule has 3 atom stereocenters. The van der Waals surface area contributed by atoms with Crippen LogP contribution in [0.2, 0.25) is 0 Å². The summed E-state index contributed by atoms with van der Waals surface area (Å²) in [5.74, 6) is 0.754. The lowest BCUT2D eigenvalue weighted by Gasteiger charge is -2.40. The number of piperazine rings is 1. The van der Waals surface area contributed by atoms with Crippen LogP contribution in [-0.4, -0.2) is 94.3 Å². The first kappa shape index (κ1) is 34.6. The third kappa shape index (κ3) is 6.63. The van der Waals surface area contributed by atoms with Gasteiger partial charge in [0.1, 0.15) is 11.8 Å². The van der Waals surface area contributed by atoms with Gasteiger partial charge in [-0.05, 0) is 109 Å². The maximum Gasteiger partial charge on any atom is 0.255 e. The number of carbonyl (C=O) groups is 3. The van der Waals surface area contributed by atoms with Crippen LogP contribution in [0.3, 0.4) is 0 Å². The van der Waals surface area contributed by atoms with Gasteiger partial charge in [-0.25, -0.2) is 0 Å². The summed E-state index contributed by atoms with van der Waals surface area (Å²) < 4.78 is 1.90. The number of anilines is 2. The van der Waals surface area contributed by atoms with Crippen LogP contribution in [-0.2, 0) is 29.6 Å². The number of benzene rings is 3. The summed E-state index contributed by atoms with van der Waals surface area (Å²) in [7, 11) is 1.98. The molecule has 54 heavy (non-hydrogen) atoms. The third-order valence-electron chi connectivity index (χ3n) is 12.7. The van der Waals surface area contributed by atoms with Crippen molar-refractivity contribution in [3.8, 4) is 5.75 Å². The van der Waals surface area contributed by atoms with Gasteiger partial charge in [-0.1, -0.05) is 18.2 Å². The van der Waals surface area contributed by atoms with Gasteiger partial charge in [0, 0.05) is 101 Å². The summed E-state index contributed by atoms with van der Waals surface area (Å²) in [6.45, 7) is 7.60. The number of aromatic nitrogens is 2. The Morgan fingerprint density at radius 1 is 0.778 bits per heavy atom. The number of nitrogens with one attached hydrogen (secondary N) is 1. The van der Waals surface area contributed by atoms with Gasteiger partial charge >= 0.3 is 0 Å². The Kier molecular flexibility index (Phi) is 9.13. The minimum atomic E-state index is -0.587. The average Bonchev–Trinajstić information content (AvgIpc) is 3.77. The Labute approximate surface area is 316 Å². The second kappa shape index (κ2) is 14.2. The molecule has 0 bridgehead atoms. The zero-order valence-corrected chi connectivity index (χ0v) is 31.0. The smallest absolute Gasteiger partial charge is 0.255 e. The molecule has 0 radical (unpaired) electrons. The number of amides is 3. The summed E-state index contributed by atoms with van der Waals surface area (Å²) in [5, 5.41) is 17.4. The zero-order valence-electron chi connectivity index (χ0n) is 31.0. The van der Waals surface area contributed by atoms with Gasteiger partial charge in [-0.2, -0.15) is 5.10 Å². The second-order valence-electron chi connectivity index (χ2n) is 16.0. The molecule has 3 aromatic carbocycles. The number of piperidine rings is 2. The van der Waals surface area contributed by atoms with E-state index >= 15 is 0 Å². The van der Waals surface area contributed by atoms with E-state index in [1.165, 1.54) is 35.2 Å². The SMILES string of the molecule is Cn1ccc([C@@H]2CCc3cc(O)ccc3[C@@H]2c2ccc(N3CCC(CN4CCN(c5ccc6c(c5)CN([C@H]5CCC(=O)NC5=O)C6=O)CC4)CC3)cc2)n1. The molecule has 4 aromatic rings. The van der Waals surface area contributed by atoms with Crippen LogP contribution in [0.1, 0.15) is 82.2 Å². The lowest BCUT2D eigenvalue weighted by molar-refractivity contribution is -0.136. The largest absolute Gasteiger partial charge is 0.508 e. The number of hydrogen-bond acceptors (Lipinski definition) is 8. The van der Waals surface area contributed by atoms with Crippen molar-refractivity contribution in [2.24, 2.45) is 13.0 Å². The first-order valence-electron chi connectivity index (χ1n) is 19.7. The Morgan fingerprint density at radius 3 is 2.28 bits per heavy atom. The first-order chi connectivity index (χ1) is 26.3. The highest BCUT2D eigenvalue weighted by Crippen LogP contribution is 2.47. The number of rotatable bonds is 7. The van der Waals surface area contributed by atoms with E-state index < -0.39 is 6.04 Å². The predicted octanol–water partition coefficient (Wildman–Crippen LogP) is 4.79. The summed E-state index contributed by atoms with van der Waals surface area (Å²) in [4.78, 5) is 46.4. The molecule has 280 valence electrons. The number of nitrogens with zero attached hydrogens (tertiary/aromatic N) is 6. The van der Waals surface area contributed by atoms with E-state index in [0.717, 1.165) is 75.6 Å². The Balaban J connectivity index is 0.780. The molecule has 0 unspecified atom stereocenters. The Morgan fingerprint density at radius 2 is 1.54 bits per heavy atom. The number of imide groups is 1. The van der Waals surface area contributed by atoms with Crippen molar-refractivity contribution in [1.82, 2.24) is 24.9 Å². The van der Waals surface area contributed by atoms with Crippen molar-refractivity contribution in [2.45, 2.75) is 62.9 Å². The molecule has 2 N–H and O–H groups in total. The summed E-state index contributed by atoms with van der Waals surface area (Å²) in [6.07, 6.45) is 7.00. The normalized spacial score (nSPS) is 23.8. The maximum absolute atomic E-state index is 13.1. The molecule has 4 aliphatic heterocycles. The number of phenols is 1. The molecule has 1 aliphatic carbocycles. The molecule has 1 aromatic heterocycles. The molecule has 9 rings (SSSR count). The van der Waals surface area contributed by atoms with Gasteiger partial charge in [0.2, 0.25) is 11.8 Å². The Bertz CT molecular complexity index is 2060. The van der Waals surface area contributed by atoms with Gasteiger partial charge in [-0.15, -0.1) is 0 Å². The fraction of sp³-hybridized carbons (Fsp3) is 0.442. The number of aryl methyl sites for hydroxylation is 2. The molecule has 11 nitrogen and oxygen atoms in total. The van der Waals surface area contributed by atoms with E-state index in [9.17, 15) is 19.5 Å². The van der Waals surface area contributed by atoms with E-state index in [1.807, 2.05) is 42.2 Å². The van der Waals surface area contributed by atoms with Crippen LogP contribution >= 0.6 is 0 Å². The summed E-state index contributed by atoms with van der Waals surface area (Å²) in [5.41, 5.74) is 9.01. The van der Waals surface area contributed by atoms with Crippen molar-refractivity contribution in [2.75, 3.05) is 55.6 Å². The van der Waals surface area contributed by atoms with Crippen LogP contribution in [0.15, 0.2) is 72.9 Å². The van der Waals surface area contributed by atoms with Gasteiger partial charge < -0.3 is 19.8 Å². The minimum absolute atomic E-state index is 0.123. The van der Waals surface area contributed by atoms with Crippen molar-refractivity contribution >= 4 is 29.1 Å². The highest BCUT2D eigenvalue weighted by atomic mass is 16.3. The molecule has 3 fully saturated rings. The number of aromatic hydroxyl groups is 1. The first-order valence-corrected chi connectivity index (χ1v) is 19.7. The molecule has 0 spiro atoms. The molecular weight excluding hydrogens is 679 g/mol. The average molecular weight is 728 g/mol. The topological polar surface area (TPSA) is 114 Å². The third-order valence-corrected chi connectivity index (χ3v) is 12.7. The summed E-state index contributed by atoms with van der Waals surface area (Å²) in [6, 6.07) is 22.8. The monoisotopic (exact) mass is 727 g/mol. The van der Waals surface area contributed by atoms with E-state index in [1.54, 1.807) is 4.90 Å². The molecule has 5 heterocycles. The van der Waals surface area contributed by atoms with Crippen molar-refractivity contribution in [1.29, 1.82) is 0 Å². The van der Waals surface area contributed by atoms with Gasteiger partial charge in [-0.3, -0.25) is 29.3 Å². The summed E-state index contributed by atoms with van der Waals surface area (Å²) >= 11 is 0. The molecule has 3 saturated heterocycles. The molecular formula is C43H49N7O4. The van der Waals surface area contributed by atoms with Gasteiger partial charge in [0.05, 0.1) is 5.69 Å². The standard InChI is InChI=1S/C43H49N7O4/c1-46-17-16-38(45-46)37-9-4-30-25-34(51)8-11-35(30)41(37)29-2-5-32(6-3-29)48-18-14-28(15-19-48)26-47-20-22-49(23-21-47)33-7-10-36-31(24-33)27-50(43(36)54)39-12-13-40(52)44-42(39)53/h2-3,5-8,10-11,16-17,24-25,28,37,39,41,51H,4,9,12-15,18-23,26-27H2,1H3,(H,44,52,53)/t37-,39-,41-/m0/s1. The van der Waals surface area contributed by atoms with Crippen LogP contribution in [0, 0.1) is 5.92 Å². The zero-order chi connectivity index (χ0) is 36.9. The number of carbonyl (C=O) groups excluding carboxylic acids is 3. The molecule has 11 heteroatoms. The second-order valence-corrected chi connectivity index (χ2v) is 16.0. The molecule has 0 saturated carbocycles. The number of fused-ring (bicyclic) bond motifs is 2. The van der Waals surface area contributed by atoms with E-state index in [4.69, 9.17) is 5.10 Å². The fourth-order valence-corrected chi connectivity index (χ4v) is 9.75. The van der Waals surface area contributed by atoms with E-state index in [2.05, 4.69) is 62.5 Å². The van der Waals surface area contributed by atoms with Crippen LogP contribution in [0.5, 0.6) is 5.75 Å². The fourth-order valence-electron chi connectivity index (χ4n) is 9.75. The molecule has 5 aliphatic rings. The van der Waals surface area contributed by atoms with Crippen LogP contribution < -0.4 is 15.1 Å². The quantitative estimate of drug-likeness (QED) is 0.262. The highest BCUT2D eigenvalue weighted by molar-refractivity contribution is 6.05. The van der Waals surface area contributed by atoms with Gasteiger partial charge in [0.15, 0.2) is 0 Å². The molecule has 3 amide bonds. The van der Waals surface area contributed by atoms with Crippen molar-refractivity contribution in [3.05, 3.63) is 106 Å². The van der Waals surface area contributed by atoms with Crippen molar-refractivity contribution in [3.63, 3.8) is 0 Å².